The lowest BCUT2D eigenvalue weighted by atomic mass is 9.85. The van der Waals surface area contributed by atoms with E-state index in [1.165, 1.54) is 0 Å². The summed E-state index contributed by atoms with van der Waals surface area (Å²) in [6.45, 7) is 12.3. The molecule has 198 valence electrons. The molecule has 2 aliphatic heterocycles. The monoisotopic (exact) mass is 495 g/mol. The Labute approximate surface area is 207 Å². The van der Waals surface area contributed by atoms with Gasteiger partial charge in [0, 0.05) is 11.1 Å². The Morgan fingerprint density at radius 3 is 2.40 bits per heavy atom. The van der Waals surface area contributed by atoms with Crippen molar-refractivity contribution in [3.05, 3.63) is 23.3 Å². The molecular weight excluding hydrogens is 454 g/mol. The predicted octanol–water partition coefficient (Wildman–Crippen LogP) is 2.45. The van der Waals surface area contributed by atoms with Crippen molar-refractivity contribution in [1.29, 1.82) is 0 Å². The van der Waals surface area contributed by atoms with Gasteiger partial charge in [0.25, 0.3) is 5.91 Å². The van der Waals surface area contributed by atoms with E-state index in [1.807, 2.05) is 53.7 Å². The molecule has 0 saturated carbocycles. The summed E-state index contributed by atoms with van der Waals surface area (Å²) in [6.07, 6.45) is -2.39. The maximum Gasteiger partial charge on any atom is 0.254 e. The number of ether oxygens (including phenoxy) is 4. The van der Waals surface area contributed by atoms with E-state index in [1.54, 1.807) is 0 Å². The summed E-state index contributed by atoms with van der Waals surface area (Å²) >= 11 is 0. The molecule has 4 N–H and O–H groups in total. The molecule has 0 aromatic heterocycles. The fourth-order valence-corrected chi connectivity index (χ4v) is 4.47. The van der Waals surface area contributed by atoms with Crippen molar-refractivity contribution in [2.45, 2.75) is 97.1 Å². The smallest absolute Gasteiger partial charge is 0.254 e. The van der Waals surface area contributed by atoms with Gasteiger partial charge in [-0.05, 0) is 70.2 Å². The van der Waals surface area contributed by atoms with Crippen LogP contribution in [0.15, 0.2) is 12.1 Å². The van der Waals surface area contributed by atoms with Crippen LogP contribution in [-0.4, -0.2) is 77.4 Å². The predicted molar refractivity (Wildman–Crippen MR) is 130 cm³/mol. The van der Waals surface area contributed by atoms with E-state index < -0.39 is 41.7 Å². The first-order valence-corrected chi connectivity index (χ1v) is 12.3. The number of anilines is 1. The van der Waals surface area contributed by atoms with Crippen LogP contribution in [0.2, 0.25) is 0 Å². The third-order valence-electron chi connectivity index (χ3n) is 6.65. The first-order chi connectivity index (χ1) is 16.3. The molecule has 1 aromatic rings. The molecule has 0 radical (unpaired) electrons. The van der Waals surface area contributed by atoms with Crippen LogP contribution in [0.25, 0.3) is 0 Å². The molecular formula is C26H41NO8. The number of aliphatic hydroxyl groups excluding tert-OH is 3. The molecule has 9 heteroatoms. The highest BCUT2D eigenvalue weighted by atomic mass is 16.7. The minimum absolute atomic E-state index is 0.0245. The number of aryl methyl sites for hydroxylation is 2. The second-order valence-electron chi connectivity index (χ2n) is 10.9. The van der Waals surface area contributed by atoms with E-state index in [4.69, 9.17) is 18.9 Å². The molecule has 35 heavy (non-hydrogen) atoms. The Bertz CT molecular complexity index is 863. The van der Waals surface area contributed by atoms with Gasteiger partial charge in [-0.3, -0.25) is 4.79 Å². The zero-order valence-electron chi connectivity index (χ0n) is 21.7. The largest absolute Gasteiger partial charge is 0.494 e. The average Bonchev–Trinajstić information content (AvgIpc) is 2.77. The van der Waals surface area contributed by atoms with E-state index in [-0.39, 0.29) is 12.5 Å². The molecule has 2 saturated heterocycles. The van der Waals surface area contributed by atoms with Crippen molar-refractivity contribution in [2.24, 2.45) is 5.41 Å². The van der Waals surface area contributed by atoms with Crippen molar-refractivity contribution in [3.8, 4) is 5.75 Å². The zero-order valence-corrected chi connectivity index (χ0v) is 21.7. The summed E-state index contributed by atoms with van der Waals surface area (Å²) < 4.78 is 23.0. The van der Waals surface area contributed by atoms with Crippen LogP contribution in [0.4, 0.5) is 5.69 Å². The summed E-state index contributed by atoms with van der Waals surface area (Å²) in [6, 6.07) is 3.79. The Morgan fingerprint density at radius 1 is 1.09 bits per heavy atom. The molecule has 5 atom stereocenters. The number of rotatable bonds is 8. The zero-order chi connectivity index (χ0) is 26.0. The topological polar surface area (TPSA) is 127 Å². The summed E-state index contributed by atoms with van der Waals surface area (Å²) in [5.74, 6) is -0.299. The van der Waals surface area contributed by atoms with E-state index in [0.29, 0.717) is 25.4 Å². The van der Waals surface area contributed by atoms with E-state index in [9.17, 15) is 20.1 Å². The van der Waals surface area contributed by atoms with Gasteiger partial charge in [0.05, 0.1) is 25.9 Å². The van der Waals surface area contributed by atoms with Crippen molar-refractivity contribution in [2.75, 3.05) is 25.1 Å². The van der Waals surface area contributed by atoms with Crippen LogP contribution in [0.1, 0.15) is 58.1 Å². The van der Waals surface area contributed by atoms with Gasteiger partial charge in [-0.2, -0.15) is 0 Å². The molecule has 0 aliphatic carbocycles. The summed E-state index contributed by atoms with van der Waals surface area (Å²) in [5.41, 5.74) is 2.07. The minimum atomic E-state index is -1.18. The molecule has 9 nitrogen and oxygen atoms in total. The highest BCUT2D eigenvalue weighted by Crippen LogP contribution is 2.36. The minimum Gasteiger partial charge on any atom is -0.494 e. The molecule has 2 fully saturated rings. The van der Waals surface area contributed by atoms with Crippen molar-refractivity contribution < 1.29 is 39.1 Å². The maximum absolute atomic E-state index is 13.1. The number of amides is 1. The molecule has 2 heterocycles. The van der Waals surface area contributed by atoms with Gasteiger partial charge in [0.2, 0.25) is 0 Å². The van der Waals surface area contributed by atoms with Gasteiger partial charge in [0.1, 0.15) is 30.2 Å². The standard InChI is InChI=1S/C26H41NO8/c1-15-11-17(32-10-8-7-9-19-22(30)21(29)18(28)13-33-19)12-16(2)20(15)27-24(31)23-25(3,4)14-34-26(5,6)35-23/h11-12,18-19,21-23,28-30H,7-10,13-14H2,1-6H3,(H,27,31)/t18-,19-,21+,22+,23?/m1/s1. The summed E-state index contributed by atoms with van der Waals surface area (Å²) in [7, 11) is 0. The molecule has 0 bridgehead atoms. The van der Waals surface area contributed by atoms with Gasteiger partial charge in [0.15, 0.2) is 5.79 Å². The van der Waals surface area contributed by atoms with Crippen molar-refractivity contribution >= 4 is 11.6 Å². The third-order valence-corrected chi connectivity index (χ3v) is 6.65. The Morgan fingerprint density at radius 2 is 1.74 bits per heavy atom. The lowest BCUT2D eigenvalue weighted by Crippen LogP contribution is -2.55. The lowest BCUT2D eigenvalue weighted by Gasteiger charge is -2.44. The first kappa shape index (κ1) is 27.8. The third kappa shape index (κ3) is 6.93. The van der Waals surface area contributed by atoms with Crippen LogP contribution >= 0.6 is 0 Å². The number of carbonyl (C=O) groups excluding carboxylic acids is 1. The SMILES string of the molecule is Cc1cc(OCCCC[C@H]2OC[C@@H](O)[C@H](O)[C@H]2O)cc(C)c1NC(=O)C1OC(C)(C)OCC1(C)C. The number of hydrogen-bond acceptors (Lipinski definition) is 8. The van der Waals surface area contributed by atoms with Crippen molar-refractivity contribution in [1.82, 2.24) is 0 Å². The average molecular weight is 496 g/mol. The van der Waals surface area contributed by atoms with E-state index in [0.717, 1.165) is 29.7 Å². The van der Waals surface area contributed by atoms with Crippen LogP contribution < -0.4 is 10.1 Å². The van der Waals surface area contributed by atoms with Crippen LogP contribution in [0.3, 0.4) is 0 Å². The summed E-state index contributed by atoms with van der Waals surface area (Å²) in [5, 5.41) is 32.4. The molecule has 3 rings (SSSR count). The fourth-order valence-electron chi connectivity index (χ4n) is 4.47. The van der Waals surface area contributed by atoms with Crippen LogP contribution in [0, 0.1) is 19.3 Å². The Kier molecular flexibility index (Phi) is 8.83. The number of hydrogen-bond donors (Lipinski definition) is 4. The quantitative estimate of drug-likeness (QED) is 0.405. The van der Waals surface area contributed by atoms with Gasteiger partial charge in [-0.25, -0.2) is 0 Å². The number of unbranched alkanes of at least 4 members (excludes halogenated alkanes) is 1. The Balaban J connectivity index is 1.51. The van der Waals surface area contributed by atoms with Gasteiger partial charge in [-0.15, -0.1) is 0 Å². The molecule has 0 spiro atoms. The Hall–Kier alpha value is -1.75. The molecule has 2 aliphatic rings. The second kappa shape index (κ2) is 11.1. The highest BCUT2D eigenvalue weighted by molar-refractivity contribution is 5.96. The highest BCUT2D eigenvalue weighted by Gasteiger charge is 2.46. The number of nitrogens with one attached hydrogen (secondary N) is 1. The fraction of sp³-hybridized carbons (Fsp3) is 0.731. The normalized spacial score (nSPS) is 30.0. The molecule has 1 unspecified atom stereocenters. The van der Waals surface area contributed by atoms with Crippen molar-refractivity contribution in [3.63, 3.8) is 0 Å². The number of carbonyl (C=O) groups is 1. The summed E-state index contributed by atoms with van der Waals surface area (Å²) in [4.78, 5) is 13.1. The lowest BCUT2D eigenvalue weighted by molar-refractivity contribution is -0.303. The number of aliphatic hydroxyl groups is 3. The van der Waals surface area contributed by atoms with Gasteiger partial charge < -0.3 is 39.6 Å². The van der Waals surface area contributed by atoms with E-state index >= 15 is 0 Å². The van der Waals surface area contributed by atoms with Crippen LogP contribution in [0.5, 0.6) is 5.75 Å². The second-order valence-corrected chi connectivity index (χ2v) is 10.9. The first-order valence-electron chi connectivity index (χ1n) is 12.3. The van der Waals surface area contributed by atoms with E-state index in [2.05, 4.69) is 5.32 Å². The number of benzene rings is 1. The molecule has 1 aromatic carbocycles. The van der Waals surface area contributed by atoms with Gasteiger partial charge in [-0.1, -0.05) is 13.8 Å². The van der Waals surface area contributed by atoms with Gasteiger partial charge >= 0.3 is 0 Å². The molecule has 1 amide bonds. The maximum atomic E-state index is 13.1. The van der Waals surface area contributed by atoms with Crippen LogP contribution in [-0.2, 0) is 19.0 Å².